The molecular formula is C21H20F4N4O3S. The van der Waals surface area contributed by atoms with Crippen LogP contribution in [-0.4, -0.2) is 41.9 Å². The monoisotopic (exact) mass is 484 g/mol. The second-order valence-corrected chi connectivity index (χ2v) is 10.3. The molecule has 0 aliphatic carbocycles. The number of carbonyl (C=O) groups excluding carboxylic acids is 1. The number of rotatable bonds is 5. The number of nitrogens with one attached hydrogen (secondary N) is 1. The zero-order valence-electron chi connectivity index (χ0n) is 17.6. The van der Waals surface area contributed by atoms with Gasteiger partial charge in [0.15, 0.2) is 5.82 Å². The molecule has 4 rings (SSSR count). The number of pyridine rings is 1. The van der Waals surface area contributed by atoms with E-state index in [9.17, 15) is 26.4 Å². The van der Waals surface area contributed by atoms with Gasteiger partial charge in [-0.3, -0.25) is 4.79 Å². The van der Waals surface area contributed by atoms with Gasteiger partial charge in [0.1, 0.15) is 23.3 Å². The van der Waals surface area contributed by atoms with Crippen LogP contribution in [0.25, 0.3) is 5.52 Å². The van der Waals surface area contributed by atoms with Crippen molar-refractivity contribution in [3.8, 4) is 0 Å². The van der Waals surface area contributed by atoms with Crippen molar-refractivity contribution < 1.29 is 30.8 Å². The maximum Gasteiger partial charge on any atom is 0.268 e. The average Bonchev–Trinajstić information content (AvgIpc) is 3.34. The Morgan fingerprint density at radius 3 is 2.64 bits per heavy atom. The Bertz CT molecular complexity index is 1340. The lowest BCUT2D eigenvalue weighted by atomic mass is 10.0. The van der Waals surface area contributed by atoms with Crippen LogP contribution in [0.5, 0.6) is 0 Å². The van der Waals surface area contributed by atoms with E-state index in [4.69, 9.17) is 0 Å². The Morgan fingerprint density at radius 2 is 1.94 bits per heavy atom. The number of anilines is 1. The third-order valence-electron chi connectivity index (χ3n) is 5.58. The van der Waals surface area contributed by atoms with Gasteiger partial charge in [0.25, 0.3) is 5.91 Å². The van der Waals surface area contributed by atoms with E-state index in [-0.39, 0.29) is 35.3 Å². The molecule has 1 aliphatic rings. The molecule has 1 aromatic carbocycles. The molecule has 1 N–H and O–H groups in total. The Balaban J connectivity index is 1.78. The van der Waals surface area contributed by atoms with Crippen molar-refractivity contribution in [3.63, 3.8) is 0 Å². The SMILES string of the molecule is CC(C)S(=O)(=O)NC(=O)c1cnn2ccc(N3C[C@@H](F)C[C@@H]3c3cc(F)ccc3F)c(F)c12. The van der Waals surface area contributed by atoms with Crippen LogP contribution in [0, 0.1) is 17.5 Å². The molecule has 1 saturated heterocycles. The molecule has 1 amide bonds. The van der Waals surface area contributed by atoms with Crippen molar-refractivity contribution >= 4 is 27.1 Å². The second-order valence-electron chi connectivity index (χ2n) is 8.06. The third kappa shape index (κ3) is 4.14. The molecule has 7 nitrogen and oxygen atoms in total. The van der Waals surface area contributed by atoms with E-state index < -0.39 is 50.8 Å². The van der Waals surface area contributed by atoms with Crippen LogP contribution in [0.1, 0.15) is 42.2 Å². The minimum atomic E-state index is -3.99. The highest BCUT2D eigenvalue weighted by Gasteiger charge is 2.37. The quantitative estimate of drug-likeness (QED) is 0.561. The zero-order valence-corrected chi connectivity index (χ0v) is 18.4. The summed E-state index contributed by atoms with van der Waals surface area (Å²) in [6.07, 6.45) is 0.701. The van der Waals surface area contributed by atoms with Crippen molar-refractivity contribution in [3.05, 3.63) is 65.2 Å². The minimum absolute atomic E-state index is 0.121. The number of carbonyl (C=O) groups is 1. The second kappa shape index (κ2) is 8.32. The lowest BCUT2D eigenvalue weighted by molar-refractivity contribution is 0.0982. The first-order valence-electron chi connectivity index (χ1n) is 10.1. The summed E-state index contributed by atoms with van der Waals surface area (Å²) >= 11 is 0. The summed E-state index contributed by atoms with van der Waals surface area (Å²) in [5.41, 5.74) is -0.950. The van der Waals surface area contributed by atoms with Crippen LogP contribution in [-0.2, 0) is 10.0 Å². The summed E-state index contributed by atoms with van der Waals surface area (Å²) in [5.74, 6) is -3.53. The first kappa shape index (κ1) is 23.0. The summed E-state index contributed by atoms with van der Waals surface area (Å²) in [6, 6.07) is 3.08. The van der Waals surface area contributed by atoms with Crippen LogP contribution < -0.4 is 9.62 Å². The van der Waals surface area contributed by atoms with Crippen molar-refractivity contribution in [2.75, 3.05) is 11.4 Å². The van der Waals surface area contributed by atoms with E-state index in [1.807, 2.05) is 4.72 Å². The van der Waals surface area contributed by atoms with E-state index in [0.29, 0.717) is 0 Å². The highest BCUT2D eigenvalue weighted by Crippen LogP contribution is 2.40. The van der Waals surface area contributed by atoms with Gasteiger partial charge in [0, 0.05) is 24.7 Å². The van der Waals surface area contributed by atoms with Gasteiger partial charge < -0.3 is 4.90 Å². The lowest BCUT2D eigenvalue weighted by Gasteiger charge is -2.27. The fourth-order valence-corrected chi connectivity index (χ4v) is 4.44. The minimum Gasteiger partial charge on any atom is -0.359 e. The third-order valence-corrected chi connectivity index (χ3v) is 7.29. The summed E-state index contributed by atoms with van der Waals surface area (Å²) in [5, 5.41) is 2.97. The fraction of sp³-hybridized carbons (Fsp3) is 0.333. The summed E-state index contributed by atoms with van der Waals surface area (Å²) in [4.78, 5) is 13.8. The molecule has 12 heteroatoms. The standard InChI is InChI=1S/C21H20F4N4O3S/c1-11(2)33(31,32)27-21(30)15-9-26-29-6-5-17(19(25)20(15)29)28-10-13(23)8-18(28)14-7-12(22)3-4-16(14)24/h3-7,9,11,13,18H,8,10H2,1-2H3,(H,27,30)/t13-,18+/m0/s1. The molecule has 0 unspecified atom stereocenters. The predicted molar refractivity (Wildman–Crippen MR) is 113 cm³/mol. The number of alkyl halides is 1. The first-order chi connectivity index (χ1) is 15.5. The topological polar surface area (TPSA) is 83.8 Å². The average molecular weight is 484 g/mol. The summed E-state index contributed by atoms with van der Waals surface area (Å²) in [7, 11) is -3.99. The molecule has 0 radical (unpaired) electrons. The number of aromatic nitrogens is 2. The molecule has 0 saturated carbocycles. The first-order valence-corrected chi connectivity index (χ1v) is 11.6. The number of sulfonamides is 1. The van der Waals surface area contributed by atoms with E-state index >= 15 is 4.39 Å². The normalized spacial score (nSPS) is 18.9. The molecule has 0 spiro atoms. The molecular weight excluding hydrogens is 464 g/mol. The van der Waals surface area contributed by atoms with Crippen molar-refractivity contribution in [1.82, 2.24) is 14.3 Å². The molecule has 0 bridgehead atoms. The Morgan fingerprint density at radius 1 is 1.21 bits per heavy atom. The number of amides is 1. The molecule has 176 valence electrons. The van der Waals surface area contributed by atoms with Crippen LogP contribution in [0.3, 0.4) is 0 Å². The molecule has 2 atom stereocenters. The smallest absolute Gasteiger partial charge is 0.268 e. The maximum atomic E-state index is 15.6. The van der Waals surface area contributed by atoms with Gasteiger partial charge in [-0.25, -0.2) is 35.2 Å². The Kier molecular flexibility index (Phi) is 5.81. The lowest BCUT2D eigenvalue weighted by Crippen LogP contribution is -2.35. The van der Waals surface area contributed by atoms with Crippen LogP contribution in [0.2, 0.25) is 0 Å². The molecule has 2 aromatic heterocycles. The number of halogens is 4. The zero-order chi connectivity index (χ0) is 24.1. The van der Waals surface area contributed by atoms with Gasteiger partial charge >= 0.3 is 0 Å². The van der Waals surface area contributed by atoms with Gasteiger partial charge in [-0.15, -0.1) is 0 Å². The summed E-state index contributed by atoms with van der Waals surface area (Å²) in [6.45, 7) is 2.46. The van der Waals surface area contributed by atoms with E-state index in [1.165, 1.54) is 31.0 Å². The molecule has 1 fully saturated rings. The largest absolute Gasteiger partial charge is 0.359 e. The van der Waals surface area contributed by atoms with Crippen molar-refractivity contribution in [2.24, 2.45) is 0 Å². The number of fused-ring (bicyclic) bond motifs is 1. The number of benzene rings is 1. The van der Waals surface area contributed by atoms with Crippen LogP contribution >= 0.6 is 0 Å². The van der Waals surface area contributed by atoms with Gasteiger partial charge in [0.2, 0.25) is 10.0 Å². The molecule has 1 aliphatic heterocycles. The highest BCUT2D eigenvalue weighted by molar-refractivity contribution is 7.90. The summed E-state index contributed by atoms with van der Waals surface area (Å²) < 4.78 is 85.2. The van der Waals surface area contributed by atoms with E-state index in [1.54, 1.807) is 0 Å². The van der Waals surface area contributed by atoms with Crippen molar-refractivity contribution in [1.29, 1.82) is 0 Å². The van der Waals surface area contributed by atoms with Gasteiger partial charge in [-0.1, -0.05) is 0 Å². The van der Waals surface area contributed by atoms with E-state index in [0.717, 1.165) is 28.9 Å². The van der Waals surface area contributed by atoms with Gasteiger partial charge in [-0.2, -0.15) is 5.10 Å². The predicted octanol–water partition coefficient (Wildman–Crippen LogP) is 3.51. The van der Waals surface area contributed by atoms with Gasteiger partial charge in [-0.05, 0) is 38.1 Å². The Labute approximate surface area is 187 Å². The molecule has 33 heavy (non-hydrogen) atoms. The Hall–Kier alpha value is -3.15. The van der Waals surface area contributed by atoms with Gasteiger partial charge in [0.05, 0.1) is 28.7 Å². The maximum absolute atomic E-state index is 15.6. The highest BCUT2D eigenvalue weighted by atomic mass is 32.2. The number of nitrogens with zero attached hydrogens (tertiary/aromatic N) is 3. The fourth-order valence-electron chi connectivity index (χ4n) is 3.84. The van der Waals surface area contributed by atoms with Crippen LogP contribution in [0.4, 0.5) is 23.2 Å². The number of hydrogen-bond donors (Lipinski definition) is 1. The molecule has 3 aromatic rings. The van der Waals surface area contributed by atoms with Crippen LogP contribution in [0.15, 0.2) is 36.7 Å². The van der Waals surface area contributed by atoms with Crippen molar-refractivity contribution in [2.45, 2.75) is 37.7 Å². The van der Waals surface area contributed by atoms with E-state index in [2.05, 4.69) is 5.10 Å². The molecule has 3 heterocycles. The number of hydrogen-bond acceptors (Lipinski definition) is 5.